The second kappa shape index (κ2) is 8.90. The maximum absolute atomic E-state index is 12.5. The highest BCUT2D eigenvalue weighted by atomic mass is 16.5. The number of carboxylic acids is 1. The number of hydrogen-bond acceptors (Lipinski definition) is 6. The first-order valence-corrected chi connectivity index (χ1v) is 8.81. The molecule has 0 aliphatic heterocycles. The molecule has 0 aliphatic carbocycles. The first-order valence-electron chi connectivity index (χ1n) is 8.81. The average molecular weight is 380 g/mol. The first kappa shape index (κ1) is 19.2. The van der Waals surface area contributed by atoms with E-state index in [0.717, 1.165) is 5.56 Å². The van der Waals surface area contributed by atoms with Crippen LogP contribution in [0.1, 0.15) is 17.9 Å². The second-order valence-corrected chi connectivity index (χ2v) is 6.28. The summed E-state index contributed by atoms with van der Waals surface area (Å²) in [6.45, 7) is 0. The fourth-order valence-electron chi connectivity index (χ4n) is 2.75. The molecule has 0 fully saturated rings. The number of aryl methyl sites for hydroxylation is 1. The maximum atomic E-state index is 12.5. The lowest BCUT2D eigenvalue weighted by Crippen LogP contribution is -2.43. The highest BCUT2D eigenvalue weighted by molar-refractivity contribution is 5.83. The Morgan fingerprint density at radius 1 is 1.14 bits per heavy atom. The Kier molecular flexibility index (Phi) is 6.11. The second-order valence-electron chi connectivity index (χ2n) is 6.28. The van der Waals surface area contributed by atoms with E-state index < -0.39 is 12.0 Å². The van der Waals surface area contributed by atoms with Crippen molar-refractivity contribution >= 4 is 11.9 Å². The zero-order valence-corrected chi connectivity index (χ0v) is 15.4. The van der Waals surface area contributed by atoms with Gasteiger partial charge in [0.2, 0.25) is 17.6 Å². The fourth-order valence-corrected chi connectivity index (χ4v) is 2.75. The van der Waals surface area contributed by atoms with Crippen molar-refractivity contribution in [2.45, 2.75) is 25.3 Å². The van der Waals surface area contributed by atoms with E-state index in [1.165, 1.54) is 11.9 Å². The molecule has 1 unspecified atom stereocenters. The van der Waals surface area contributed by atoms with Crippen LogP contribution in [0.15, 0.2) is 59.3 Å². The number of amides is 1. The molecule has 0 bridgehead atoms. The number of carboxylic acid groups (broad SMARTS) is 1. The average Bonchev–Trinajstić information content (AvgIpc) is 3.20. The Balaban J connectivity index is 1.60. The molecule has 0 saturated heterocycles. The summed E-state index contributed by atoms with van der Waals surface area (Å²) in [6.07, 6.45) is 2.16. The Morgan fingerprint density at radius 2 is 1.89 bits per heavy atom. The SMILES string of the molecule is CN(C(=O)CCc1nc(-c2ccccn2)no1)C(Cc1ccccc1)C(=O)O. The Hall–Kier alpha value is -3.55. The number of pyridine rings is 1. The van der Waals surface area contributed by atoms with E-state index in [9.17, 15) is 14.7 Å². The molecule has 2 aromatic heterocycles. The van der Waals surface area contributed by atoms with E-state index in [1.54, 1.807) is 18.3 Å². The van der Waals surface area contributed by atoms with Crippen LogP contribution in [-0.4, -0.2) is 50.1 Å². The molecule has 28 heavy (non-hydrogen) atoms. The zero-order chi connectivity index (χ0) is 19.9. The van der Waals surface area contributed by atoms with Crippen LogP contribution in [0.2, 0.25) is 0 Å². The van der Waals surface area contributed by atoms with Gasteiger partial charge in [-0.05, 0) is 17.7 Å². The third-order valence-electron chi connectivity index (χ3n) is 4.33. The third kappa shape index (κ3) is 4.79. The van der Waals surface area contributed by atoms with Crippen LogP contribution in [0, 0.1) is 0 Å². The molecule has 0 radical (unpaired) electrons. The third-order valence-corrected chi connectivity index (χ3v) is 4.33. The van der Waals surface area contributed by atoms with Crippen molar-refractivity contribution in [3.63, 3.8) is 0 Å². The number of aliphatic carboxylic acids is 1. The Bertz CT molecular complexity index is 928. The topological polar surface area (TPSA) is 109 Å². The number of rotatable bonds is 8. The lowest BCUT2D eigenvalue weighted by Gasteiger charge is -2.25. The van der Waals surface area contributed by atoms with Gasteiger partial charge in [0.05, 0.1) is 0 Å². The van der Waals surface area contributed by atoms with Crippen molar-refractivity contribution in [3.05, 3.63) is 66.2 Å². The molecule has 0 aliphatic rings. The van der Waals surface area contributed by atoms with Crippen LogP contribution in [0.5, 0.6) is 0 Å². The molecule has 3 aromatic rings. The molecule has 1 amide bonds. The molecule has 0 saturated carbocycles. The minimum Gasteiger partial charge on any atom is -0.480 e. The number of hydrogen-bond donors (Lipinski definition) is 1. The summed E-state index contributed by atoms with van der Waals surface area (Å²) in [5, 5.41) is 13.4. The van der Waals surface area contributed by atoms with Crippen LogP contribution in [0.25, 0.3) is 11.5 Å². The highest BCUT2D eigenvalue weighted by Gasteiger charge is 2.27. The largest absolute Gasteiger partial charge is 0.480 e. The summed E-state index contributed by atoms with van der Waals surface area (Å²) in [5.41, 5.74) is 1.43. The van der Waals surface area contributed by atoms with Crippen molar-refractivity contribution in [2.75, 3.05) is 7.05 Å². The maximum Gasteiger partial charge on any atom is 0.326 e. The number of aromatic nitrogens is 3. The lowest BCUT2D eigenvalue weighted by molar-refractivity contribution is -0.149. The van der Waals surface area contributed by atoms with Gasteiger partial charge in [0, 0.05) is 32.5 Å². The minimum atomic E-state index is -1.05. The highest BCUT2D eigenvalue weighted by Crippen LogP contribution is 2.14. The summed E-state index contributed by atoms with van der Waals surface area (Å²) in [6, 6.07) is 13.6. The van der Waals surface area contributed by atoms with Crippen molar-refractivity contribution in [1.29, 1.82) is 0 Å². The monoisotopic (exact) mass is 380 g/mol. The molecule has 8 nitrogen and oxygen atoms in total. The van der Waals surface area contributed by atoms with E-state index in [-0.39, 0.29) is 25.2 Å². The predicted octanol–water partition coefficient (Wildman–Crippen LogP) is 2.22. The van der Waals surface area contributed by atoms with E-state index in [1.807, 2.05) is 36.4 Å². The van der Waals surface area contributed by atoms with Crippen molar-refractivity contribution in [3.8, 4) is 11.5 Å². The van der Waals surface area contributed by atoms with Gasteiger partial charge in [-0.3, -0.25) is 9.78 Å². The van der Waals surface area contributed by atoms with E-state index in [2.05, 4.69) is 15.1 Å². The van der Waals surface area contributed by atoms with Gasteiger partial charge in [-0.2, -0.15) is 4.98 Å². The van der Waals surface area contributed by atoms with Gasteiger partial charge in [0.25, 0.3) is 0 Å². The number of benzene rings is 1. The van der Waals surface area contributed by atoms with Crippen LogP contribution in [0.3, 0.4) is 0 Å². The summed E-state index contributed by atoms with van der Waals surface area (Å²) >= 11 is 0. The van der Waals surface area contributed by atoms with Gasteiger partial charge >= 0.3 is 5.97 Å². The van der Waals surface area contributed by atoms with Crippen LogP contribution in [0.4, 0.5) is 0 Å². The van der Waals surface area contributed by atoms with Crippen molar-refractivity contribution in [2.24, 2.45) is 0 Å². The van der Waals surface area contributed by atoms with Crippen molar-refractivity contribution in [1.82, 2.24) is 20.0 Å². The lowest BCUT2D eigenvalue weighted by atomic mass is 10.0. The smallest absolute Gasteiger partial charge is 0.326 e. The molecule has 144 valence electrons. The van der Waals surface area contributed by atoms with Crippen LogP contribution in [-0.2, 0) is 22.4 Å². The van der Waals surface area contributed by atoms with E-state index >= 15 is 0 Å². The molecule has 0 spiro atoms. The first-order chi connectivity index (χ1) is 13.5. The van der Waals surface area contributed by atoms with Crippen molar-refractivity contribution < 1.29 is 19.2 Å². The number of carbonyl (C=O) groups excluding carboxylic acids is 1. The molecule has 1 aromatic carbocycles. The molecular weight excluding hydrogens is 360 g/mol. The summed E-state index contributed by atoms with van der Waals surface area (Å²) < 4.78 is 5.16. The zero-order valence-electron chi connectivity index (χ0n) is 15.4. The van der Waals surface area contributed by atoms with E-state index in [4.69, 9.17) is 4.52 Å². The van der Waals surface area contributed by atoms with Gasteiger partial charge in [-0.1, -0.05) is 41.6 Å². The minimum absolute atomic E-state index is 0.0684. The summed E-state index contributed by atoms with van der Waals surface area (Å²) in [7, 11) is 1.50. The van der Waals surface area contributed by atoms with Gasteiger partial charge in [0.1, 0.15) is 11.7 Å². The van der Waals surface area contributed by atoms with Gasteiger partial charge in [-0.15, -0.1) is 0 Å². The summed E-state index contributed by atoms with van der Waals surface area (Å²) in [5.74, 6) is -0.697. The van der Waals surface area contributed by atoms with E-state index in [0.29, 0.717) is 17.4 Å². The van der Waals surface area contributed by atoms with Gasteiger partial charge in [-0.25, -0.2) is 4.79 Å². The van der Waals surface area contributed by atoms with Crippen LogP contribution >= 0.6 is 0 Å². The predicted molar refractivity (Wildman–Crippen MR) is 100 cm³/mol. The standard InChI is InChI=1S/C20H20N4O4/c1-24(16(20(26)27)13-14-7-3-2-4-8-14)18(25)11-10-17-22-19(23-28-17)15-9-5-6-12-21-15/h2-9,12,16H,10-11,13H2,1H3,(H,26,27). The molecule has 8 heteroatoms. The molecule has 1 N–H and O–H groups in total. The number of likely N-dealkylation sites (N-methyl/N-ethyl adjacent to an activating group) is 1. The van der Waals surface area contributed by atoms with Gasteiger partial charge in [0.15, 0.2) is 0 Å². The van der Waals surface area contributed by atoms with Gasteiger partial charge < -0.3 is 14.5 Å². The fraction of sp³-hybridized carbons (Fsp3) is 0.250. The molecular formula is C20H20N4O4. The Labute approximate surface area is 161 Å². The molecule has 2 heterocycles. The number of carbonyl (C=O) groups is 2. The van der Waals surface area contributed by atoms with Crippen LogP contribution < -0.4 is 0 Å². The summed E-state index contributed by atoms with van der Waals surface area (Å²) in [4.78, 5) is 33.8. The molecule has 1 atom stereocenters. The normalized spacial score (nSPS) is 11.8. The molecule has 3 rings (SSSR count). The quantitative estimate of drug-likeness (QED) is 0.638. The Morgan fingerprint density at radius 3 is 2.57 bits per heavy atom. The number of nitrogens with zero attached hydrogens (tertiary/aromatic N) is 4.